The van der Waals surface area contributed by atoms with Crippen molar-refractivity contribution >= 4 is 5.97 Å². The number of para-hydroxylation sites is 1. The molecule has 0 aliphatic rings. The summed E-state index contributed by atoms with van der Waals surface area (Å²) in [5.74, 6) is -0.404. The highest BCUT2D eigenvalue weighted by atomic mass is 19.1. The van der Waals surface area contributed by atoms with Crippen LogP contribution >= 0.6 is 0 Å². The molecular formula is C16H15FO4. The molecule has 0 unspecified atom stereocenters. The Labute approximate surface area is 121 Å². The zero-order valence-electron chi connectivity index (χ0n) is 11.3. The summed E-state index contributed by atoms with van der Waals surface area (Å²) in [7, 11) is 0. The second kappa shape index (κ2) is 7.28. The smallest absolute Gasteiger partial charge is 0.339 e. The lowest BCUT2D eigenvalue weighted by molar-refractivity contribution is 0.0692. The number of hydrogen-bond acceptors (Lipinski definition) is 3. The molecule has 0 heterocycles. The second-order valence-corrected chi connectivity index (χ2v) is 4.31. The van der Waals surface area contributed by atoms with Gasteiger partial charge in [-0.25, -0.2) is 9.18 Å². The Kier molecular flexibility index (Phi) is 5.15. The Balaban J connectivity index is 1.75. The molecule has 0 aliphatic carbocycles. The zero-order valence-corrected chi connectivity index (χ0v) is 11.3. The van der Waals surface area contributed by atoms with E-state index in [1.807, 2.05) is 0 Å². The van der Waals surface area contributed by atoms with Gasteiger partial charge in [0.2, 0.25) is 0 Å². The van der Waals surface area contributed by atoms with Crippen molar-refractivity contribution in [2.24, 2.45) is 0 Å². The molecule has 0 saturated carbocycles. The average Bonchev–Trinajstić information content (AvgIpc) is 2.49. The molecule has 0 bridgehead atoms. The zero-order chi connectivity index (χ0) is 15.1. The van der Waals surface area contributed by atoms with Gasteiger partial charge in [0.05, 0.1) is 13.2 Å². The molecule has 5 heteroatoms. The van der Waals surface area contributed by atoms with E-state index >= 15 is 0 Å². The number of carbonyl (C=O) groups is 1. The van der Waals surface area contributed by atoms with Gasteiger partial charge in [0.25, 0.3) is 0 Å². The normalized spacial score (nSPS) is 10.1. The molecule has 2 aromatic rings. The Bertz CT molecular complexity index is 595. The van der Waals surface area contributed by atoms with E-state index in [4.69, 9.17) is 14.6 Å². The van der Waals surface area contributed by atoms with Gasteiger partial charge >= 0.3 is 5.97 Å². The molecule has 110 valence electrons. The average molecular weight is 290 g/mol. The van der Waals surface area contributed by atoms with E-state index in [2.05, 4.69) is 0 Å². The quantitative estimate of drug-likeness (QED) is 0.794. The lowest BCUT2D eigenvalue weighted by atomic mass is 10.2. The largest absolute Gasteiger partial charge is 0.493 e. The maximum Gasteiger partial charge on any atom is 0.339 e. The predicted octanol–water partition coefficient (Wildman–Crippen LogP) is 3.37. The van der Waals surface area contributed by atoms with Crippen LogP contribution in [0.25, 0.3) is 0 Å². The van der Waals surface area contributed by atoms with Gasteiger partial charge in [-0.05, 0) is 36.4 Å². The van der Waals surface area contributed by atoms with Crippen molar-refractivity contribution in [3.63, 3.8) is 0 Å². The van der Waals surface area contributed by atoms with Crippen molar-refractivity contribution in [3.05, 3.63) is 59.9 Å². The first-order valence-electron chi connectivity index (χ1n) is 6.50. The summed E-state index contributed by atoms with van der Waals surface area (Å²) < 4.78 is 23.5. The molecule has 2 aromatic carbocycles. The van der Waals surface area contributed by atoms with Crippen LogP contribution in [0.5, 0.6) is 11.5 Å². The molecule has 0 saturated heterocycles. The fourth-order valence-corrected chi connectivity index (χ4v) is 1.73. The number of benzene rings is 2. The monoisotopic (exact) mass is 290 g/mol. The summed E-state index contributed by atoms with van der Waals surface area (Å²) in [4.78, 5) is 11.0. The summed E-state index contributed by atoms with van der Waals surface area (Å²) in [6, 6.07) is 12.2. The number of ether oxygens (including phenoxy) is 2. The summed E-state index contributed by atoms with van der Waals surface area (Å²) >= 11 is 0. The van der Waals surface area contributed by atoms with Crippen molar-refractivity contribution in [2.45, 2.75) is 6.42 Å². The summed E-state index contributed by atoms with van der Waals surface area (Å²) in [6.45, 7) is 0.742. The lowest BCUT2D eigenvalue weighted by Gasteiger charge is -2.09. The predicted molar refractivity (Wildman–Crippen MR) is 75.4 cm³/mol. The molecule has 0 aliphatic heterocycles. The van der Waals surface area contributed by atoms with Crippen LogP contribution in [0.2, 0.25) is 0 Å². The number of carboxylic acids is 1. The molecule has 21 heavy (non-hydrogen) atoms. The van der Waals surface area contributed by atoms with E-state index in [0.29, 0.717) is 31.1 Å². The van der Waals surface area contributed by atoms with Gasteiger partial charge in [0.15, 0.2) is 0 Å². The summed E-state index contributed by atoms with van der Waals surface area (Å²) in [6.07, 6.45) is 0.589. The van der Waals surface area contributed by atoms with Crippen LogP contribution in [0.1, 0.15) is 16.8 Å². The minimum Gasteiger partial charge on any atom is -0.493 e. The Morgan fingerprint density at radius 1 is 1.00 bits per heavy atom. The first kappa shape index (κ1) is 14.8. The van der Waals surface area contributed by atoms with Crippen molar-refractivity contribution in [3.8, 4) is 11.5 Å². The molecule has 0 fully saturated rings. The molecule has 0 amide bonds. The van der Waals surface area contributed by atoms with Gasteiger partial charge in [0, 0.05) is 6.42 Å². The topological polar surface area (TPSA) is 55.8 Å². The number of halogens is 1. The summed E-state index contributed by atoms with van der Waals surface area (Å²) in [5, 5.41) is 9.00. The van der Waals surface area contributed by atoms with E-state index in [9.17, 15) is 9.18 Å². The van der Waals surface area contributed by atoms with Gasteiger partial charge in [0.1, 0.15) is 22.9 Å². The van der Waals surface area contributed by atoms with Gasteiger partial charge in [-0.2, -0.15) is 0 Å². The minimum atomic E-state index is -1.02. The molecule has 0 spiro atoms. The Morgan fingerprint density at radius 3 is 2.38 bits per heavy atom. The fraction of sp³-hybridized carbons (Fsp3) is 0.188. The van der Waals surface area contributed by atoms with Crippen LogP contribution in [0.3, 0.4) is 0 Å². The van der Waals surface area contributed by atoms with Gasteiger partial charge in [-0.1, -0.05) is 12.1 Å². The lowest BCUT2D eigenvalue weighted by Crippen LogP contribution is -2.07. The van der Waals surface area contributed by atoms with E-state index in [1.165, 1.54) is 18.2 Å². The van der Waals surface area contributed by atoms with Gasteiger partial charge in [-0.15, -0.1) is 0 Å². The highest BCUT2D eigenvalue weighted by Gasteiger charge is 2.09. The highest BCUT2D eigenvalue weighted by Crippen LogP contribution is 2.18. The number of aromatic carboxylic acids is 1. The van der Waals surface area contributed by atoms with Crippen molar-refractivity contribution in [2.75, 3.05) is 13.2 Å². The first-order valence-corrected chi connectivity index (χ1v) is 6.50. The first-order chi connectivity index (χ1) is 10.2. The van der Waals surface area contributed by atoms with Crippen LogP contribution in [-0.2, 0) is 0 Å². The van der Waals surface area contributed by atoms with E-state index < -0.39 is 5.97 Å². The summed E-state index contributed by atoms with van der Waals surface area (Å²) in [5.41, 5.74) is 0.136. The molecular weight excluding hydrogens is 275 g/mol. The van der Waals surface area contributed by atoms with Crippen LogP contribution in [0.4, 0.5) is 4.39 Å². The van der Waals surface area contributed by atoms with Crippen molar-refractivity contribution < 1.29 is 23.8 Å². The Hall–Kier alpha value is -2.56. The van der Waals surface area contributed by atoms with Crippen LogP contribution in [-0.4, -0.2) is 24.3 Å². The maximum atomic E-state index is 12.7. The van der Waals surface area contributed by atoms with Crippen LogP contribution in [0, 0.1) is 5.82 Å². The standard InChI is InChI=1S/C16H15FO4/c17-12-6-8-13(9-7-12)20-10-3-11-21-15-5-2-1-4-14(15)16(18)19/h1-2,4-9H,3,10-11H2,(H,18,19). The van der Waals surface area contributed by atoms with Gasteiger partial charge in [-0.3, -0.25) is 0 Å². The van der Waals surface area contributed by atoms with Gasteiger partial charge < -0.3 is 14.6 Å². The second-order valence-electron chi connectivity index (χ2n) is 4.31. The molecule has 0 atom stereocenters. The maximum absolute atomic E-state index is 12.7. The molecule has 4 nitrogen and oxygen atoms in total. The SMILES string of the molecule is O=C(O)c1ccccc1OCCCOc1ccc(F)cc1. The third-order valence-corrected chi connectivity index (χ3v) is 2.75. The third kappa shape index (κ3) is 4.49. The van der Waals surface area contributed by atoms with E-state index in [1.54, 1.807) is 30.3 Å². The molecule has 2 rings (SSSR count). The third-order valence-electron chi connectivity index (χ3n) is 2.75. The van der Waals surface area contributed by atoms with E-state index in [0.717, 1.165) is 0 Å². The molecule has 0 radical (unpaired) electrons. The van der Waals surface area contributed by atoms with E-state index in [-0.39, 0.29) is 11.4 Å². The highest BCUT2D eigenvalue weighted by molar-refractivity contribution is 5.90. The van der Waals surface area contributed by atoms with Crippen LogP contribution in [0.15, 0.2) is 48.5 Å². The molecule has 0 aromatic heterocycles. The Morgan fingerprint density at radius 2 is 1.67 bits per heavy atom. The number of rotatable bonds is 7. The van der Waals surface area contributed by atoms with Crippen molar-refractivity contribution in [1.29, 1.82) is 0 Å². The minimum absolute atomic E-state index is 0.136. The molecule has 1 N–H and O–H groups in total. The van der Waals surface area contributed by atoms with Crippen LogP contribution < -0.4 is 9.47 Å². The number of hydrogen-bond donors (Lipinski definition) is 1. The number of carboxylic acid groups (broad SMARTS) is 1. The fourth-order valence-electron chi connectivity index (χ4n) is 1.73. The van der Waals surface area contributed by atoms with Crippen molar-refractivity contribution in [1.82, 2.24) is 0 Å².